The zero-order valence-corrected chi connectivity index (χ0v) is 15.1. The largest absolute Gasteiger partial charge is 0.360 e. The first-order valence-electron chi connectivity index (χ1n) is 7.93. The minimum atomic E-state index is -3.86. The number of rotatable bonds is 6. The fraction of sp³-hybridized carbons (Fsp3) is 0.111. The Morgan fingerprint density at radius 1 is 1.15 bits per heavy atom. The number of aromatic nitrogens is 1. The Labute approximate surface area is 155 Å². The molecule has 1 aromatic heterocycles. The quantitative estimate of drug-likeness (QED) is 0.675. The molecule has 7 nitrogen and oxygen atoms in total. The van der Waals surface area contributed by atoms with E-state index in [0.29, 0.717) is 11.3 Å². The van der Waals surface area contributed by atoms with Crippen molar-refractivity contribution in [2.45, 2.75) is 18.4 Å². The van der Waals surface area contributed by atoms with E-state index in [-0.39, 0.29) is 22.8 Å². The summed E-state index contributed by atoms with van der Waals surface area (Å²) in [4.78, 5) is 12.1. The molecule has 0 radical (unpaired) electrons. The third-order valence-electron chi connectivity index (χ3n) is 3.69. The van der Waals surface area contributed by atoms with E-state index in [2.05, 4.69) is 15.2 Å². The number of aryl methyl sites for hydroxylation is 1. The Morgan fingerprint density at radius 3 is 2.48 bits per heavy atom. The van der Waals surface area contributed by atoms with E-state index in [0.717, 1.165) is 0 Å². The van der Waals surface area contributed by atoms with Crippen LogP contribution in [-0.2, 0) is 16.6 Å². The van der Waals surface area contributed by atoms with Crippen molar-refractivity contribution in [3.8, 4) is 0 Å². The molecule has 9 heteroatoms. The Kier molecular flexibility index (Phi) is 5.22. The van der Waals surface area contributed by atoms with Crippen LogP contribution >= 0.6 is 0 Å². The number of sulfonamides is 1. The van der Waals surface area contributed by atoms with Crippen LogP contribution in [0.15, 0.2) is 64.0 Å². The lowest BCUT2D eigenvalue weighted by molar-refractivity contribution is 0.0950. The number of amides is 1. The number of anilines is 1. The lowest BCUT2D eigenvalue weighted by Crippen LogP contribution is -2.23. The van der Waals surface area contributed by atoms with E-state index >= 15 is 0 Å². The van der Waals surface area contributed by atoms with Gasteiger partial charge in [-0.3, -0.25) is 9.52 Å². The molecule has 2 N–H and O–H groups in total. The standard InChI is InChI=1S/C18H16FN3O4S/c1-12-10-17(21-26-12)22-27(24,25)15-8-6-13(7-9-15)18(23)20-11-14-4-2-3-5-16(14)19/h2-10H,11H2,1H3,(H,20,23)(H,21,22). The molecule has 0 bridgehead atoms. The van der Waals surface area contributed by atoms with Crippen LogP contribution in [0, 0.1) is 12.7 Å². The van der Waals surface area contributed by atoms with Gasteiger partial charge in [-0.05, 0) is 37.3 Å². The summed E-state index contributed by atoms with van der Waals surface area (Å²) in [5.74, 6) is -0.315. The number of hydrogen-bond acceptors (Lipinski definition) is 5. The maximum Gasteiger partial charge on any atom is 0.263 e. The second-order valence-electron chi connectivity index (χ2n) is 5.73. The van der Waals surface area contributed by atoms with E-state index in [9.17, 15) is 17.6 Å². The first-order chi connectivity index (χ1) is 12.8. The first kappa shape index (κ1) is 18.6. The molecule has 0 fully saturated rings. The van der Waals surface area contributed by atoms with E-state index in [1.807, 2.05) is 0 Å². The molecule has 0 aliphatic carbocycles. The van der Waals surface area contributed by atoms with Crippen LogP contribution in [0.2, 0.25) is 0 Å². The highest BCUT2D eigenvalue weighted by Gasteiger charge is 2.17. The molecule has 3 aromatic rings. The molecule has 0 aliphatic rings. The molecule has 0 atom stereocenters. The minimum Gasteiger partial charge on any atom is -0.360 e. The van der Waals surface area contributed by atoms with E-state index < -0.39 is 21.7 Å². The van der Waals surface area contributed by atoms with Crippen LogP contribution in [-0.4, -0.2) is 19.5 Å². The van der Waals surface area contributed by atoms with Crippen molar-refractivity contribution < 1.29 is 22.1 Å². The van der Waals surface area contributed by atoms with Gasteiger partial charge in [0, 0.05) is 23.7 Å². The zero-order chi connectivity index (χ0) is 19.4. The smallest absolute Gasteiger partial charge is 0.263 e. The maximum absolute atomic E-state index is 13.6. The molecule has 0 saturated heterocycles. The summed E-state index contributed by atoms with van der Waals surface area (Å²) < 4.78 is 45.3. The molecule has 2 aromatic carbocycles. The van der Waals surface area contributed by atoms with Gasteiger partial charge in [-0.1, -0.05) is 23.4 Å². The Balaban J connectivity index is 1.67. The van der Waals surface area contributed by atoms with Gasteiger partial charge in [-0.2, -0.15) is 0 Å². The fourth-order valence-corrected chi connectivity index (χ4v) is 3.30. The van der Waals surface area contributed by atoms with E-state index in [1.54, 1.807) is 25.1 Å². The molecule has 0 aliphatic heterocycles. The average Bonchev–Trinajstić information content (AvgIpc) is 3.05. The summed E-state index contributed by atoms with van der Waals surface area (Å²) in [5, 5.41) is 6.16. The van der Waals surface area contributed by atoms with Gasteiger partial charge in [0.15, 0.2) is 5.82 Å². The lowest BCUT2D eigenvalue weighted by atomic mass is 10.2. The molecule has 0 unspecified atom stereocenters. The average molecular weight is 389 g/mol. The molecule has 27 heavy (non-hydrogen) atoms. The molecular weight excluding hydrogens is 373 g/mol. The fourth-order valence-electron chi connectivity index (χ4n) is 2.32. The van der Waals surface area contributed by atoms with Gasteiger partial charge >= 0.3 is 0 Å². The van der Waals surface area contributed by atoms with E-state index in [1.165, 1.54) is 36.4 Å². The number of nitrogens with zero attached hydrogens (tertiary/aromatic N) is 1. The third-order valence-corrected chi connectivity index (χ3v) is 5.06. The van der Waals surface area contributed by atoms with Crippen LogP contribution in [0.25, 0.3) is 0 Å². The van der Waals surface area contributed by atoms with Gasteiger partial charge in [0.2, 0.25) is 0 Å². The summed E-state index contributed by atoms with van der Waals surface area (Å²) in [5.41, 5.74) is 0.611. The Hall–Kier alpha value is -3.20. The molecule has 1 amide bonds. The molecular formula is C18H16FN3O4S. The predicted molar refractivity (Wildman–Crippen MR) is 96.1 cm³/mol. The number of carbonyl (C=O) groups excluding carboxylic acids is 1. The maximum atomic E-state index is 13.6. The normalized spacial score (nSPS) is 11.2. The van der Waals surface area contributed by atoms with Crippen molar-refractivity contribution in [3.63, 3.8) is 0 Å². The van der Waals surface area contributed by atoms with Crippen LogP contribution in [0.4, 0.5) is 10.2 Å². The van der Waals surface area contributed by atoms with Crippen LogP contribution in [0.1, 0.15) is 21.7 Å². The highest BCUT2D eigenvalue weighted by molar-refractivity contribution is 7.92. The number of benzene rings is 2. The first-order valence-corrected chi connectivity index (χ1v) is 9.41. The molecule has 0 spiro atoms. The van der Waals surface area contributed by atoms with Crippen LogP contribution in [0.5, 0.6) is 0 Å². The van der Waals surface area contributed by atoms with Crippen molar-refractivity contribution in [1.82, 2.24) is 10.5 Å². The molecule has 3 rings (SSSR count). The van der Waals surface area contributed by atoms with Gasteiger partial charge < -0.3 is 9.84 Å². The van der Waals surface area contributed by atoms with Crippen molar-refractivity contribution >= 4 is 21.7 Å². The molecule has 1 heterocycles. The SMILES string of the molecule is Cc1cc(NS(=O)(=O)c2ccc(C(=O)NCc3ccccc3F)cc2)no1. The van der Waals surface area contributed by atoms with Crippen LogP contribution in [0.3, 0.4) is 0 Å². The summed E-state index contributed by atoms with van der Waals surface area (Å²) in [6.45, 7) is 1.66. The van der Waals surface area contributed by atoms with E-state index in [4.69, 9.17) is 4.52 Å². The minimum absolute atomic E-state index is 0.0264. The molecule has 140 valence electrons. The summed E-state index contributed by atoms with van der Waals surface area (Å²) in [6, 6.07) is 12.9. The second kappa shape index (κ2) is 7.58. The summed E-state index contributed by atoms with van der Waals surface area (Å²) in [7, 11) is -3.86. The summed E-state index contributed by atoms with van der Waals surface area (Å²) >= 11 is 0. The second-order valence-corrected chi connectivity index (χ2v) is 7.41. The Bertz CT molecular complexity index is 1060. The topological polar surface area (TPSA) is 101 Å². The monoisotopic (exact) mass is 389 g/mol. The number of nitrogens with one attached hydrogen (secondary N) is 2. The van der Waals surface area contributed by atoms with Crippen molar-refractivity contribution in [2.75, 3.05) is 4.72 Å². The van der Waals surface area contributed by atoms with Gasteiger partial charge in [0.05, 0.1) is 4.90 Å². The van der Waals surface area contributed by atoms with Crippen molar-refractivity contribution in [2.24, 2.45) is 0 Å². The zero-order valence-electron chi connectivity index (χ0n) is 14.3. The number of halogens is 1. The van der Waals surface area contributed by atoms with Gasteiger partial charge in [-0.25, -0.2) is 12.8 Å². The number of carbonyl (C=O) groups is 1. The highest BCUT2D eigenvalue weighted by atomic mass is 32.2. The molecule has 0 saturated carbocycles. The van der Waals surface area contributed by atoms with Gasteiger partial charge in [-0.15, -0.1) is 0 Å². The van der Waals surface area contributed by atoms with Crippen molar-refractivity contribution in [1.29, 1.82) is 0 Å². The highest BCUT2D eigenvalue weighted by Crippen LogP contribution is 2.16. The lowest BCUT2D eigenvalue weighted by Gasteiger charge is -2.08. The number of hydrogen-bond donors (Lipinski definition) is 2. The predicted octanol–water partition coefficient (Wildman–Crippen LogP) is 2.85. The third kappa shape index (κ3) is 4.50. The van der Waals surface area contributed by atoms with Gasteiger partial charge in [0.1, 0.15) is 11.6 Å². The van der Waals surface area contributed by atoms with Crippen LogP contribution < -0.4 is 10.0 Å². The van der Waals surface area contributed by atoms with Gasteiger partial charge in [0.25, 0.3) is 15.9 Å². The van der Waals surface area contributed by atoms with Crippen molar-refractivity contribution in [3.05, 3.63) is 77.3 Å². The Morgan fingerprint density at radius 2 is 1.85 bits per heavy atom. The summed E-state index contributed by atoms with van der Waals surface area (Å²) in [6.07, 6.45) is 0.